The fourth-order valence-corrected chi connectivity index (χ4v) is 5.15. The van der Waals surface area contributed by atoms with E-state index in [1.807, 2.05) is 47.1 Å². The van der Waals surface area contributed by atoms with Crippen molar-refractivity contribution in [1.82, 2.24) is 25.1 Å². The molecule has 0 spiro atoms. The van der Waals surface area contributed by atoms with Crippen LogP contribution in [0, 0.1) is 11.7 Å². The minimum Gasteiger partial charge on any atom is -0.356 e. The Morgan fingerprint density at radius 3 is 2.87 bits per heavy atom. The zero-order chi connectivity index (χ0) is 20.9. The van der Waals surface area contributed by atoms with Gasteiger partial charge in [-0.1, -0.05) is 29.8 Å². The molecule has 0 atom stereocenters. The Balaban J connectivity index is 1.24. The molecule has 2 aromatic heterocycles. The normalized spacial score (nSPS) is 13.2. The summed E-state index contributed by atoms with van der Waals surface area (Å²) in [6, 6.07) is 8.13. The van der Waals surface area contributed by atoms with Gasteiger partial charge in [0.2, 0.25) is 5.91 Å². The van der Waals surface area contributed by atoms with Gasteiger partial charge in [-0.2, -0.15) is 5.10 Å². The number of aromatic amines is 1. The van der Waals surface area contributed by atoms with Gasteiger partial charge in [-0.05, 0) is 51.2 Å². The molecular formula is C22H27N5OS2. The van der Waals surface area contributed by atoms with Gasteiger partial charge in [-0.15, -0.1) is 11.3 Å². The molecule has 6 nitrogen and oxygen atoms in total. The van der Waals surface area contributed by atoms with Crippen LogP contribution in [-0.4, -0.2) is 32.2 Å². The van der Waals surface area contributed by atoms with Gasteiger partial charge in [0.25, 0.3) is 0 Å². The lowest BCUT2D eigenvalue weighted by molar-refractivity contribution is -0.121. The van der Waals surface area contributed by atoms with Crippen molar-refractivity contribution in [2.24, 2.45) is 0 Å². The quantitative estimate of drug-likeness (QED) is 0.402. The zero-order valence-electron chi connectivity index (χ0n) is 17.2. The number of hydrogen-bond acceptors (Lipinski definition) is 5. The molecule has 30 heavy (non-hydrogen) atoms. The maximum absolute atomic E-state index is 12.3. The predicted octanol–water partition coefficient (Wildman–Crippen LogP) is 4.39. The van der Waals surface area contributed by atoms with Crippen molar-refractivity contribution < 1.29 is 4.79 Å². The number of rotatable bonds is 8. The average molecular weight is 442 g/mol. The van der Waals surface area contributed by atoms with E-state index in [4.69, 9.17) is 17.2 Å². The Labute approximate surface area is 185 Å². The lowest BCUT2D eigenvalue weighted by Gasteiger charge is -2.08. The molecule has 1 aliphatic carbocycles. The summed E-state index contributed by atoms with van der Waals surface area (Å²) in [5, 5.41) is 11.4. The van der Waals surface area contributed by atoms with Crippen LogP contribution in [0.2, 0.25) is 0 Å². The van der Waals surface area contributed by atoms with E-state index in [9.17, 15) is 4.79 Å². The fraction of sp³-hybridized carbons (Fsp3) is 0.455. The van der Waals surface area contributed by atoms with Gasteiger partial charge in [-0.25, -0.2) is 4.98 Å². The van der Waals surface area contributed by atoms with E-state index in [1.165, 1.54) is 40.4 Å². The molecule has 1 amide bonds. The number of thiazole rings is 1. The number of nitrogens with zero attached hydrogens (tertiary/aromatic N) is 3. The number of benzene rings is 1. The highest BCUT2D eigenvalue weighted by Crippen LogP contribution is 2.27. The van der Waals surface area contributed by atoms with Crippen molar-refractivity contribution in [2.75, 3.05) is 6.54 Å². The molecule has 2 N–H and O–H groups in total. The summed E-state index contributed by atoms with van der Waals surface area (Å²) < 4.78 is 2.42. The standard InChI is InChI=1S/C22H27N5OS2/c1-15-8-10-16(11-9-15)21-25-26-22(29)27(21)14-12-19(28)23-13-4-7-20-24-17-5-2-3-6-18(17)30-20/h8-11H,2-7,12-14H2,1H3,(H,23,28)(H,26,29). The van der Waals surface area contributed by atoms with Crippen molar-refractivity contribution in [1.29, 1.82) is 0 Å². The van der Waals surface area contributed by atoms with Gasteiger partial charge in [0.1, 0.15) is 0 Å². The molecule has 0 saturated carbocycles. The molecule has 1 aromatic carbocycles. The van der Waals surface area contributed by atoms with Crippen LogP contribution in [0.5, 0.6) is 0 Å². The summed E-state index contributed by atoms with van der Waals surface area (Å²) in [5.74, 6) is 0.798. The number of fused-ring (bicyclic) bond motifs is 1. The van der Waals surface area contributed by atoms with Crippen LogP contribution in [0.1, 0.15) is 46.8 Å². The van der Waals surface area contributed by atoms with Crippen LogP contribution in [0.3, 0.4) is 0 Å². The topological polar surface area (TPSA) is 75.6 Å². The largest absolute Gasteiger partial charge is 0.356 e. The Kier molecular flexibility index (Phi) is 6.74. The zero-order valence-corrected chi connectivity index (χ0v) is 18.9. The number of nitrogens with one attached hydrogen (secondary N) is 2. The van der Waals surface area contributed by atoms with Crippen molar-refractivity contribution in [3.63, 3.8) is 0 Å². The molecule has 158 valence electrons. The summed E-state index contributed by atoms with van der Waals surface area (Å²) in [7, 11) is 0. The van der Waals surface area contributed by atoms with E-state index in [-0.39, 0.29) is 5.91 Å². The van der Waals surface area contributed by atoms with Gasteiger partial charge in [0.15, 0.2) is 10.6 Å². The third kappa shape index (κ3) is 5.05. The summed E-state index contributed by atoms with van der Waals surface area (Å²) in [4.78, 5) is 18.6. The minimum absolute atomic E-state index is 0.0337. The Morgan fingerprint density at radius 1 is 1.27 bits per heavy atom. The number of hydrogen-bond donors (Lipinski definition) is 2. The fourth-order valence-electron chi connectivity index (χ4n) is 3.73. The lowest BCUT2D eigenvalue weighted by Crippen LogP contribution is -2.25. The van der Waals surface area contributed by atoms with Crippen LogP contribution < -0.4 is 5.32 Å². The first-order chi connectivity index (χ1) is 14.6. The maximum Gasteiger partial charge on any atom is 0.221 e. The second kappa shape index (κ2) is 9.66. The number of aryl methyl sites for hydroxylation is 4. The second-order valence-electron chi connectivity index (χ2n) is 7.76. The number of carbonyl (C=O) groups excluding carboxylic acids is 1. The van der Waals surface area contributed by atoms with Crippen LogP contribution in [0.4, 0.5) is 0 Å². The molecule has 8 heteroatoms. The maximum atomic E-state index is 12.3. The monoisotopic (exact) mass is 441 g/mol. The van der Waals surface area contributed by atoms with E-state index in [2.05, 4.69) is 15.5 Å². The Hall–Kier alpha value is -2.32. The average Bonchev–Trinajstić information content (AvgIpc) is 3.33. The number of H-pyrrole nitrogens is 1. The second-order valence-corrected chi connectivity index (χ2v) is 9.31. The number of aromatic nitrogens is 4. The first-order valence-corrected chi connectivity index (χ1v) is 11.8. The van der Waals surface area contributed by atoms with Crippen molar-refractivity contribution in [3.05, 3.63) is 50.2 Å². The molecular weight excluding hydrogens is 414 g/mol. The van der Waals surface area contributed by atoms with E-state index in [1.54, 1.807) is 0 Å². The van der Waals surface area contributed by atoms with Crippen LogP contribution in [-0.2, 0) is 30.6 Å². The van der Waals surface area contributed by atoms with Crippen LogP contribution in [0.25, 0.3) is 11.4 Å². The van der Waals surface area contributed by atoms with Gasteiger partial charge >= 0.3 is 0 Å². The van der Waals surface area contributed by atoms with E-state index in [0.717, 1.165) is 30.7 Å². The van der Waals surface area contributed by atoms with Crippen molar-refractivity contribution >= 4 is 29.5 Å². The van der Waals surface area contributed by atoms with E-state index < -0.39 is 0 Å². The molecule has 0 radical (unpaired) electrons. The SMILES string of the molecule is Cc1ccc(-c2n[nH]c(=S)n2CCC(=O)NCCCc2nc3c(s2)CCCC3)cc1. The van der Waals surface area contributed by atoms with Crippen LogP contribution >= 0.6 is 23.6 Å². The van der Waals surface area contributed by atoms with E-state index >= 15 is 0 Å². The molecule has 3 aromatic rings. The lowest BCUT2D eigenvalue weighted by atomic mass is 10.0. The summed E-state index contributed by atoms with van der Waals surface area (Å²) in [6.07, 6.45) is 7.09. The van der Waals surface area contributed by atoms with Gasteiger partial charge in [0.05, 0.1) is 10.7 Å². The first kappa shape index (κ1) is 20.9. The highest BCUT2D eigenvalue weighted by atomic mass is 32.1. The van der Waals surface area contributed by atoms with Gasteiger partial charge in [-0.3, -0.25) is 14.5 Å². The van der Waals surface area contributed by atoms with Crippen molar-refractivity contribution in [3.8, 4) is 11.4 Å². The predicted molar refractivity (Wildman–Crippen MR) is 122 cm³/mol. The third-order valence-electron chi connectivity index (χ3n) is 5.41. The molecule has 0 bridgehead atoms. The first-order valence-electron chi connectivity index (χ1n) is 10.6. The Morgan fingerprint density at radius 2 is 2.07 bits per heavy atom. The summed E-state index contributed by atoms with van der Waals surface area (Å²) >= 11 is 7.21. The number of amides is 1. The molecule has 4 rings (SSSR count). The molecule has 2 heterocycles. The molecule has 0 saturated heterocycles. The molecule has 0 fully saturated rings. The Bertz CT molecular complexity index is 1040. The smallest absolute Gasteiger partial charge is 0.221 e. The molecule has 0 aliphatic heterocycles. The number of carbonyl (C=O) groups is 1. The molecule has 0 unspecified atom stereocenters. The van der Waals surface area contributed by atoms with Gasteiger partial charge in [0, 0.05) is 36.4 Å². The summed E-state index contributed by atoms with van der Waals surface area (Å²) in [5.41, 5.74) is 3.49. The van der Waals surface area contributed by atoms with Gasteiger partial charge < -0.3 is 5.32 Å². The summed E-state index contributed by atoms with van der Waals surface area (Å²) in [6.45, 7) is 3.22. The highest BCUT2D eigenvalue weighted by Gasteiger charge is 2.15. The third-order valence-corrected chi connectivity index (χ3v) is 6.94. The van der Waals surface area contributed by atoms with E-state index in [0.29, 0.717) is 24.3 Å². The highest BCUT2D eigenvalue weighted by molar-refractivity contribution is 7.71. The van der Waals surface area contributed by atoms with Crippen LogP contribution in [0.15, 0.2) is 24.3 Å². The molecule has 1 aliphatic rings. The minimum atomic E-state index is 0.0337. The van der Waals surface area contributed by atoms with Crippen molar-refractivity contribution in [2.45, 2.75) is 58.4 Å².